The molecular formula is C20H26N2O3. The van der Waals surface area contributed by atoms with E-state index in [1.807, 2.05) is 67.6 Å². The first-order valence-corrected chi connectivity index (χ1v) is 8.70. The van der Waals surface area contributed by atoms with E-state index in [9.17, 15) is 15.3 Å². The van der Waals surface area contributed by atoms with Crippen LogP contribution in [0.15, 0.2) is 60.7 Å². The Morgan fingerprint density at radius 1 is 1.04 bits per heavy atom. The molecule has 5 N–H and O–H groups in total. The Bertz CT molecular complexity index is 626. The van der Waals surface area contributed by atoms with Crippen molar-refractivity contribution in [1.29, 1.82) is 0 Å². The molecule has 5 heteroatoms. The first-order chi connectivity index (χ1) is 12.0. The standard InChI is InChI=1S/C20H26N2O3/c1-14(21-12-17-19(24)18(23)13-22-17)20(25,15-8-4-2-5-9-15)16-10-6-3-7-11-16/h2-11,14,17-19,21-25H,12-13H2,1H3/t14-,17+,18-,19+/m0/s1. The summed E-state index contributed by atoms with van der Waals surface area (Å²) in [5, 5.41) is 37.7. The van der Waals surface area contributed by atoms with Crippen LogP contribution in [0.3, 0.4) is 0 Å². The number of aliphatic hydroxyl groups is 3. The summed E-state index contributed by atoms with van der Waals surface area (Å²) in [5.74, 6) is 0. The van der Waals surface area contributed by atoms with Crippen LogP contribution in [0.25, 0.3) is 0 Å². The molecule has 25 heavy (non-hydrogen) atoms. The van der Waals surface area contributed by atoms with Gasteiger partial charge in [0.25, 0.3) is 0 Å². The molecule has 0 amide bonds. The molecule has 0 saturated carbocycles. The zero-order valence-electron chi connectivity index (χ0n) is 14.3. The second kappa shape index (κ2) is 7.64. The number of benzene rings is 2. The van der Waals surface area contributed by atoms with Crippen molar-refractivity contribution >= 4 is 0 Å². The quantitative estimate of drug-likeness (QED) is 0.531. The second-order valence-electron chi connectivity index (χ2n) is 6.70. The highest BCUT2D eigenvalue weighted by atomic mass is 16.3. The molecule has 1 aliphatic rings. The van der Waals surface area contributed by atoms with E-state index in [-0.39, 0.29) is 12.1 Å². The summed E-state index contributed by atoms with van der Waals surface area (Å²) in [7, 11) is 0. The lowest BCUT2D eigenvalue weighted by Crippen LogP contribution is -2.52. The normalized spacial score (nSPS) is 25.0. The predicted octanol–water partition coefficient (Wildman–Crippen LogP) is 0.594. The zero-order valence-corrected chi connectivity index (χ0v) is 14.3. The second-order valence-corrected chi connectivity index (χ2v) is 6.70. The first-order valence-electron chi connectivity index (χ1n) is 8.70. The lowest BCUT2D eigenvalue weighted by Gasteiger charge is -2.36. The smallest absolute Gasteiger partial charge is 0.130 e. The number of β-amino-alcohol motifs (C(OH)–C–C–N with tert-alkyl or cyclic N) is 1. The van der Waals surface area contributed by atoms with E-state index in [2.05, 4.69) is 10.6 Å². The van der Waals surface area contributed by atoms with Crippen LogP contribution in [-0.4, -0.2) is 52.7 Å². The summed E-state index contributed by atoms with van der Waals surface area (Å²) >= 11 is 0. The Balaban J connectivity index is 1.82. The van der Waals surface area contributed by atoms with Crippen molar-refractivity contribution in [2.45, 2.75) is 36.8 Å². The third-order valence-electron chi connectivity index (χ3n) is 5.09. The van der Waals surface area contributed by atoms with Gasteiger partial charge in [-0.05, 0) is 18.1 Å². The molecule has 3 rings (SSSR count). The highest BCUT2D eigenvalue weighted by molar-refractivity contribution is 5.37. The summed E-state index contributed by atoms with van der Waals surface area (Å²) in [6.07, 6.45) is -1.55. The molecular weight excluding hydrogens is 316 g/mol. The third-order valence-corrected chi connectivity index (χ3v) is 5.09. The molecule has 2 aromatic rings. The topological polar surface area (TPSA) is 84.8 Å². The Hall–Kier alpha value is -1.76. The average molecular weight is 342 g/mol. The van der Waals surface area contributed by atoms with Crippen LogP contribution in [-0.2, 0) is 5.60 Å². The highest BCUT2D eigenvalue weighted by Gasteiger charge is 2.39. The van der Waals surface area contributed by atoms with Crippen LogP contribution in [0.4, 0.5) is 0 Å². The summed E-state index contributed by atoms with van der Waals surface area (Å²) in [6.45, 7) is 2.75. The maximum Gasteiger partial charge on any atom is 0.130 e. The van der Waals surface area contributed by atoms with Gasteiger partial charge in [0.2, 0.25) is 0 Å². The van der Waals surface area contributed by atoms with Crippen molar-refractivity contribution in [3.63, 3.8) is 0 Å². The summed E-state index contributed by atoms with van der Waals surface area (Å²) in [6, 6.07) is 18.6. The SMILES string of the molecule is C[C@H](NC[C@H]1NC[C@H](O)[C@@H]1O)C(O)(c1ccccc1)c1ccccc1. The maximum atomic E-state index is 11.6. The van der Waals surface area contributed by atoms with Crippen molar-refractivity contribution < 1.29 is 15.3 Å². The molecule has 5 nitrogen and oxygen atoms in total. The first kappa shape index (κ1) is 18.0. The molecule has 0 spiro atoms. The van der Waals surface area contributed by atoms with Gasteiger partial charge in [0, 0.05) is 25.2 Å². The predicted molar refractivity (Wildman–Crippen MR) is 97.2 cm³/mol. The molecule has 0 aliphatic carbocycles. The molecule has 1 saturated heterocycles. The molecule has 0 aromatic heterocycles. The fourth-order valence-electron chi connectivity index (χ4n) is 3.48. The zero-order chi connectivity index (χ0) is 17.9. The van der Waals surface area contributed by atoms with Crippen LogP contribution >= 0.6 is 0 Å². The minimum atomic E-state index is -1.20. The molecule has 0 radical (unpaired) electrons. The van der Waals surface area contributed by atoms with Gasteiger partial charge in [-0.1, -0.05) is 60.7 Å². The molecule has 2 aromatic carbocycles. The van der Waals surface area contributed by atoms with Gasteiger partial charge in [0.05, 0.1) is 12.2 Å². The lowest BCUT2D eigenvalue weighted by atomic mass is 9.80. The Morgan fingerprint density at radius 2 is 1.56 bits per heavy atom. The average Bonchev–Trinajstić information content (AvgIpc) is 2.98. The van der Waals surface area contributed by atoms with Crippen molar-refractivity contribution in [3.05, 3.63) is 71.8 Å². The van der Waals surface area contributed by atoms with Gasteiger partial charge in [-0.15, -0.1) is 0 Å². The fourth-order valence-corrected chi connectivity index (χ4v) is 3.48. The summed E-state index contributed by atoms with van der Waals surface area (Å²) < 4.78 is 0. The summed E-state index contributed by atoms with van der Waals surface area (Å²) in [4.78, 5) is 0. The van der Waals surface area contributed by atoms with E-state index in [1.165, 1.54) is 0 Å². The maximum absolute atomic E-state index is 11.6. The molecule has 1 heterocycles. The van der Waals surface area contributed by atoms with E-state index in [4.69, 9.17) is 0 Å². The van der Waals surface area contributed by atoms with Gasteiger partial charge in [0.15, 0.2) is 0 Å². The largest absolute Gasteiger partial charge is 0.389 e. The Labute approximate surface area is 148 Å². The van der Waals surface area contributed by atoms with Crippen LogP contribution in [0.5, 0.6) is 0 Å². The van der Waals surface area contributed by atoms with Gasteiger partial charge in [-0.3, -0.25) is 0 Å². The minimum Gasteiger partial charge on any atom is -0.389 e. The molecule has 134 valence electrons. The molecule has 1 fully saturated rings. The van der Waals surface area contributed by atoms with Gasteiger partial charge in [-0.25, -0.2) is 0 Å². The van der Waals surface area contributed by atoms with Crippen molar-refractivity contribution in [1.82, 2.24) is 10.6 Å². The highest BCUT2D eigenvalue weighted by Crippen LogP contribution is 2.33. The number of aliphatic hydroxyl groups excluding tert-OH is 2. The van der Waals surface area contributed by atoms with E-state index in [0.29, 0.717) is 13.1 Å². The lowest BCUT2D eigenvalue weighted by molar-refractivity contribution is 0.0286. The van der Waals surface area contributed by atoms with Crippen LogP contribution in [0, 0.1) is 0 Å². The van der Waals surface area contributed by atoms with Gasteiger partial charge in [-0.2, -0.15) is 0 Å². The van der Waals surface area contributed by atoms with Crippen molar-refractivity contribution in [2.24, 2.45) is 0 Å². The van der Waals surface area contributed by atoms with Crippen LogP contribution < -0.4 is 10.6 Å². The minimum absolute atomic E-state index is 0.242. The van der Waals surface area contributed by atoms with Crippen LogP contribution in [0.1, 0.15) is 18.1 Å². The van der Waals surface area contributed by atoms with Crippen LogP contribution in [0.2, 0.25) is 0 Å². The Kier molecular flexibility index (Phi) is 5.51. The van der Waals surface area contributed by atoms with Gasteiger partial charge in [0.1, 0.15) is 5.60 Å². The number of hydrogen-bond donors (Lipinski definition) is 5. The monoisotopic (exact) mass is 342 g/mol. The van der Waals surface area contributed by atoms with Gasteiger partial charge >= 0.3 is 0 Å². The van der Waals surface area contributed by atoms with Crippen molar-refractivity contribution in [3.8, 4) is 0 Å². The van der Waals surface area contributed by atoms with E-state index < -0.39 is 17.8 Å². The molecule has 0 unspecified atom stereocenters. The van der Waals surface area contributed by atoms with E-state index in [0.717, 1.165) is 11.1 Å². The summed E-state index contributed by atoms with van der Waals surface area (Å²) in [5.41, 5.74) is 0.410. The molecule has 1 aliphatic heterocycles. The molecule has 4 atom stereocenters. The Morgan fingerprint density at radius 3 is 2.00 bits per heavy atom. The third kappa shape index (κ3) is 3.61. The van der Waals surface area contributed by atoms with Gasteiger partial charge < -0.3 is 26.0 Å². The number of nitrogens with one attached hydrogen (secondary N) is 2. The van der Waals surface area contributed by atoms with E-state index in [1.54, 1.807) is 0 Å². The number of hydrogen-bond acceptors (Lipinski definition) is 5. The van der Waals surface area contributed by atoms with Crippen molar-refractivity contribution in [2.75, 3.05) is 13.1 Å². The number of rotatable bonds is 6. The molecule has 0 bridgehead atoms. The fraction of sp³-hybridized carbons (Fsp3) is 0.400. The van der Waals surface area contributed by atoms with E-state index >= 15 is 0 Å².